The quantitative estimate of drug-likeness (QED) is 0.374. The lowest BCUT2D eigenvalue weighted by Gasteiger charge is -2.24. The Morgan fingerprint density at radius 1 is 1.00 bits per heavy atom. The maximum Gasteiger partial charge on any atom is 0.271 e. The van der Waals surface area contributed by atoms with Crippen molar-refractivity contribution < 1.29 is 27.6 Å². The van der Waals surface area contributed by atoms with Gasteiger partial charge in [-0.3, -0.25) is 19.2 Å². The van der Waals surface area contributed by atoms with Gasteiger partial charge in [0, 0.05) is 18.2 Å². The lowest BCUT2D eigenvalue weighted by Crippen LogP contribution is -2.38. The molecule has 0 aliphatic rings. The van der Waals surface area contributed by atoms with E-state index in [0.29, 0.717) is 5.75 Å². The minimum absolute atomic E-state index is 0.00597. The van der Waals surface area contributed by atoms with Crippen molar-refractivity contribution in [2.45, 2.75) is 4.90 Å². The molecule has 1 N–H and O–H groups in total. The van der Waals surface area contributed by atoms with Gasteiger partial charge in [0.25, 0.3) is 15.7 Å². The maximum atomic E-state index is 13.4. The first kappa shape index (κ1) is 23.5. The summed E-state index contributed by atoms with van der Waals surface area (Å²) >= 11 is 0. The zero-order valence-corrected chi connectivity index (χ0v) is 18.6. The molecule has 0 fully saturated rings. The van der Waals surface area contributed by atoms with Crippen molar-refractivity contribution in [2.24, 2.45) is 0 Å². The molecule has 0 spiro atoms. The number of ether oxygens (including phenoxy) is 2. The van der Waals surface area contributed by atoms with Gasteiger partial charge in [0.1, 0.15) is 18.0 Å². The smallest absolute Gasteiger partial charge is 0.271 e. The van der Waals surface area contributed by atoms with Crippen molar-refractivity contribution in [3.63, 3.8) is 0 Å². The Hall–Kier alpha value is -4.12. The fourth-order valence-electron chi connectivity index (χ4n) is 3.03. The van der Waals surface area contributed by atoms with Crippen molar-refractivity contribution in [3.8, 4) is 11.5 Å². The predicted octanol–water partition coefficient (Wildman–Crippen LogP) is 3.45. The number of nitro groups is 1. The number of nitrogens with zero attached hydrogens (tertiary/aromatic N) is 2. The second kappa shape index (κ2) is 10.0. The third-order valence-electron chi connectivity index (χ3n) is 4.63. The Balaban J connectivity index is 1.98. The highest BCUT2D eigenvalue weighted by atomic mass is 32.2. The van der Waals surface area contributed by atoms with Crippen LogP contribution >= 0.6 is 0 Å². The number of non-ortho nitro benzene ring substituents is 1. The summed E-state index contributed by atoms with van der Waals surface area (Å²) in [5.41, 5.74) is -0.00794. The molecule has 10 nitrogen and oxygen atoms in total. The highest BCUT2D eigenvalue weighted by Gasteiger charge is 2.28. The summed E-state index contributed by atoms with van der Waals surface area (Å²) in [6.07, 6.45) is 0. The molecule has 3 aromatic carbocycles. The van der Waals surface area contributed by atoms with E-state index >= 15 is 0 Å². The molecule has 0 unspecified atom stereocenters. The van der Waals surface area contributed by atoms with Crippen LogP contribution in [-0.4, -0.2) is 40.0 Å². The third kappa shape index (κ3) is 5.39. The fraction of sp³-hybridized carbons (Fsp3) is 0.136. The first-order valence-electron chi connectivity index (χ1n) is 9.60. The monoisotopic (exact) mass is 471 g/mol. The van der Waals surface area contributed by atoms with Gasteiger partial charge < -0.3 is 14.8 Å². The number of rotatable bonds is 9. The molecule has 0 bridgehead atoms. The molecule has 0 saturated heterocycles. The van der Waals surface area contributed by atoms with E-state index in [9.17, 15) is 23.3 Å². The molecule has 0 aromatic heterocycles. The van der Waals surface area contributed by atoms with Gasteiger partial charge in [0.2, 0.25) is 5.91 Å². The number of sulfonamides is 1. The normalized spacial score (nSPS) is 10.8. The van der Waals surface area contributed by atoms with Gasteiger partial charge >= 0.3 is 0 Å². The van der Waals surface area contributed by atoms with E-state index in [1.54, 1.807) is 30.3 Å². The molecule has 172 valence electrons. The molecule has 33 heavy (non-hydrogen) atoms. The Morgan fingerprint density at radius 2 is 1.73 bits per heavy atom. The fourth-order valence-corrected chi connectivity index (χ4v) is 4.46. The van der Waals surface area contributed by atoms with E-state index in [1.807, 2.05) is 0 Å². The van der Waals surface area contributed by atoms with Crippen molar-refractivity contribution in [2.75, 3.05) is 30.4 Å². The lowest BCUT2D eigenvalue weighted by atomic mass is 10.2. The van der Waals surface area contributed by atoms with Crippen LogP contribution in [0.1, 0.15) is 0 Å². The number of hydrogen-bond donors (Lipinski definition) is 1. The molecule has 11 heteroatoms. The first-order chi connectivity index (χ1) is 15.8. The van der Waals surface area contributed by atoms with E-state index in [0.717, 1.165) is 10.4 Å². The number of amides is 1. The molecular formula is C22H21N3O7S. The van der Waals surface area contributed by atoms with E-state index in [4.69, 9.17) is 9.47 Å². The summed E-state index contributed by atoms with van der Waals surface area (Å²) < 4.78 is 38.0. The molecule has 0 saturated carbocycles. The van der Waals surface area contributed by atoms with Crippen molar-refractivity contribution in [1.29, 1.82) is 0 Å². The zero-order valence-electron chi connectivity index (χ0n) is 17.8. The van der Waals surface area contributed by atoms with Gasteiger partial charge in [-0.25, -0.2) is 8.42 Å². The number of carbonyl (C=O) groups is 1. The van der Waals surface area contributed by atoms with Crippen LogP contribution in [0, 0.1) is 10.1 Å². The van der Waals surface area contributed by atoms with E-state index in [1.165, 1.54) is 50.6 Å². The minimum Gasteiger partial charge on any atom is -0.497 e. The van der Waals surface area contributed by atoms with Crippen molar-refractivity contribution in [3.05, 3.63) is 82.9 Å². The summed E-state index contributed by atoms with van der Waals surface area (Å²) in [6, 6.07) is 17.6. The van der Waals surface area contributed by atoms with Gasteiger partial charge in [-0.05, 0) is 30.3 Å². The Kier molecular flexibility index (Phi) is 7.13. The topological polar surface area (TPSA) is 128 Å². The van der Waals surface area contributed by atoms with Crippen LogP contribution in [-0.2, 0) is 14.8 Å². The average Bonchev–Trinajstić information content (AvgIpc) is 2.83. The van der Waals surface area contributed by atoms with E-state index in [-0.39, 0.29) is 27.7 Å². The summed E-state index contributed by atoms with van der Waals surface area (Å²) in [5.74, 6) is -0.134. The lowest BCUT2D eigenvalue weighted by molar-refractivity contribution is -0.384. The van der Waals surface area contributed by atoms with Crippen LogP contribution in [0.15, 0.2) is 77.7 Å². The van der Waals surface area contributed by atoms with Crippen LogP contribution in [0.2, 0.25) is 0 Å². The first-order valence-corrected chi connectivity index (χ1v) is 11.0. The molecule has 0 aliphatic heterocycles. The number of methoxy groups -OCH3 is 2. The van der Waals surface area contributed by atoms with E-state index in [2.05, 4.69) is 5.32 Å². The van der Waals surface area contributed by atoms with Crippen LogP contribution in [0.3, 0.4) is 0 Å². The number of nitro benzene ring substituents is 1. The number of nitrogens with one attached hydrogen (secondary N) is 1. The Morgan fingerprint density at radius 3 is 2.36 bits per heavy atom. The standard InChI is InChI=1S/C22H21N3O7S/c1-31-18-8-6-7-16(13-18)24(33(29,30)19-9-4-3-5-10-19)15-22(26)23-20-14-17(25(27)28)11-12-21(20)32-2/h3-14H,15H2,1-2H3,(H,23,26). The van der Waals surface area contributed by atoms with Crippen LogP contribution < -0.4 is 19.1 Å². The summed E-state index contributed by atoms with van der Waals surface area (Å²) in [6.45, 7) is -0.601. The SMILES string of the molecule is COc1cccc(N(CC(=O)Nc2cc([N+](=O)[O-])ccc2OC)S(=O)(=O)c2ccccc2)c1. The van der Waals surface area contributed by atoms with Crippen LogP contribution in [0.5, 0.6) is 11.5 Å². The van der Waals surface area contributed by atoms with Gasteiger partial charge in [-0.1, -0.05) is 24.3 Å². The molecule has 0 atom stereocenters. The minimum atomic E-state index is -4.13. The van der Waals surface area contributed by atoms with Crippen LogP contribution in [0.25, 0.3) is 0 Å². The zero-order chi connectivity index (χ0) is 24.0. The van der Waals surface area contributed by atoms with Crippen LogP contribution in [0.4, 0.5) is 17.1 Å². The van der Waals surface area contributed by atoms with E-state index < -0.39 is 27.4 Å². The molecule has 3 aromatic rings. The number of benzene rings is 3. The Bertz CT molecular complexity index is 1260. The van der Waals surface area contributed by atoms with Gasteiger partial charge in [-0.15, -0.1) is 0 Å². The highest BCUT2D eigenvalue weighted by molar-refractivity contribution is 7.92. The second-order valence-corrected chi connectivity index (χ2v) is 8.58. The van der Waals surface area contributed by atoms with Gasteiger partial charge in [-0.2, -0.15) is 0 Å². The van der Waals surface area contributed by atoms with Gasteiger partial charge in [0.15, 0.2) is 0 Å². The maximum absolute atomic E-state index is 13.4. The summed E-state index contributed by atoms with van der Waals surface area (Å²) in [5, 5.41) is 13.6. The molecule has 3 rings (SSSR count). The number of anilines is 2. The molecule has 0 radical (unpaired) electrons. The molecule has 1 amide bonds. The number of carbonyl (C=O) groups excluding carboxylic acids is 1. The number of hydrogen-bond acceptors (Lipinski definition) is 7. The second-order valence-electron chi connectivity index (χ2n) is 6.72. The van der Waals surface area contributed by atoms with Crippen molar-refractivity contribution in [1.82, 2.24) is 0 Å². The Labute approximate surface area is 190 Å². The predicted molar refractivity (Wildman–Crippen MR) is 122 cm³/mol. The highest BCUT2D eigenvalue weighted by Crippen LogP contribution is 2.30. The van der Waals surface area contributed by atoms with Crippen molar-refractivity contribution >= 4 is 33.0 Å². The average molecular weight is 471 g/mol. The largest absolute Gasteiger partial charge is 0.497 e. The molecule has 0 aliphatic carbocycles. The third-order valence-corrected chi connectivity index (χ3v) is 6.42. The molecule has 0 heterocycles. The summed E-state index contributed by atoms with van der Waals surface area (Å²) in [4.78, 5) is 23.4. The summed E-state index contributed by atoms with van der Waals surface area (Å²) in [7, 11) is -1.34. The molecular weight excluding hydrogens is 450 g/mol. The van der Waals surface area contributed by atoms with Gasteiger partial charge in [0.05, 0.1) is 35.4 Å².